The van der Waals surface area contributed by atoms with E-state index in [1.807, 2.05) is 0 Å². The molecule has 0 aromatic rings. The van der Waals surface area contributed by atoms with Crippen LogP contribution in [0.1, 0.15) is 39.5 Å². The van der Waals surface area contributed by atoms with Gasteiger partial charge in [0.2, 0.25) is 10.2 Å². The minimum absolute atomic E-state index is 0.0312. The molecule has 0 radical (unpaired) electrons. The van der Waals surface area contributed by atoms with Crippen LogP contribution in [0.15, 0.2) is 0 Å². The first-order valence-electron chi connectivity index (χ1n) is 11.8. The average Bonchev–Trinajstić information content (AvgIpc) is 3.43. The number of Topliss-reactive ketones (excluding diaryl/α,β-unsaturated/α-hetero) is 2. The number of carboxylic acids is 2. The summed E-state index contributed by atoms with van der Waals surface area (Å²) in [5, 5.41) is 17.0. The number of hydrogen-bond acceptors (Lipinski definition) is 14. The van der Waals surface area contributed by atoms with Crippen molar-refractivity contribution in [1.29, 1.82) is 0 Å². The maximum atomic E-state index is 12.5. The van der Waals surface area contributed by atoms with Crippen molar-refractivity contribution in [3.8, 4) is 0 Å². The highest BCUT2D eigenvalue weighted by Gasteiger charge is 2.40. The van der Waals surface area contributed by atoms with E-state index in [0.29, 0.717) is 24.3 Å². The molecule has 0 bridgehead atoms. The van der Waals surface area contributed by atoms with Gasteiger partial charge in [0.1, 0.15) is 23.7 Å². The van der Waals surface area contributed by atoms with Gasteiger partial charge in [0, 0.05) is 37.4 Å². The molecule has 6 atom stereocenters. The van der Waals surface area contributed by atoms with Crippen molar-refractivity contribution in [2.24, 2.45) is 0 Å². The van der Waals surface area contributed by atoms with Gasteiger partial charge in [-0.3, -0.25) is 38.6 Å². The average molecular weight is 645 g/mol. The van der Waals surface area contributed by atoms with E-state index in [-0.39, 0.29) is 58.5 Å². The number of nitrogens with zero attached hydrogens (tertiary/aromatic N) is 2. The lowest BCUT2D eigenvalue weighted by atomic mass is 10.2. The number of carboxylic acid groups (broad SMARTS) is 2. The molecule has 2 heterocycles. The number of ketones is 2. The second-order valence-corrected chi connectivity index (χ2v) is 14.8. The van der Waals surface area contributed by atoms with Gasteiger partial charge in [-0.1, -0.05) is 0 Å². The number of rotatable bonds is 14. The topological polar surface area (TPSA) is 149 Å². The summed E-state index contributed by atoms with van der Waals surface area (Å²) in [6.07, 6.45) is 0.802. The Bertz CT molecular complexity index is 852. The maximum absolute atomic E-state index is 12.5. The molecule has 16 heteroatoms. The zero-order chi connectivity index (χ0) is 28.6. The molecule has 0 spiro atoms. The highest BCUT2D eigenvalue weighted by Crippen LogP contribution is 2.36. The molecule has 0 aromatic heterocycles. The van der Waals surface area contributed by atoms with Crippen LogP contribution in [-0.4, -0.2) is 112 Å². The first-order chi connectivity index (χ1) is 17.8. The van der Waals surface area contributed by atoms with Crippen LogP contribution >= 0.6 is 70.4 Å². The van der Waals surface area contributed by atoms with Gasteiger partial charge in [-0.05, 0) is 48.3 Å². The second-order valence-electron chi connectivity index (χ2n) is 8.89. The van der Waals surface area contributed by atoms with E-state index >= 15 is 0 Å². The number of thioether (sulfide) groups is 2. The summed E-state index contributed by atoms with van der Waals surface area (Å²) in [5.41, 5.74) is 0. The molecule has 0 aromatic carbocycles. The van der Waals surface area contributed by atoms with Gasteiger partial charge in [-0.25, -0.2) is 0 Å². The fraction of sp³-hybridized carbons (Fsp3) is 0.727. The van der Waals surface area contributed by atoms with E-state index in [4.69, 9.17) is 0 Å². The zero-order valence-electron chi connectivity index (χ0n) is 20.9. The van der Waals surface area contributed by atoms with Crippen molar-refractivity contribution in [2.45, 2.75) is 72.9 Å². The van der Waals surface area contributed by atoms with Crippen LogP contribution in [0.25, 0.3) is 0 Å². The Balaban J connectivity index is 1.84. The molecule has 0 amide bonds. The van der Waals surface area contributed by atoms with Gasteiger partial charge < -0.3 is 10.2 Å². The summed E-state index contributed by atoms with van der Waals surface area (Å²) in [6, 6.07) is -1.53. The molecule has 2 saturated heterocycles. The van der Waals surface area contributed by atoms with E-state index in [1.165, 1.54) is 37.4 Å². The van der Waals surface area contributed by atoms with Crippen LogP contribution in [-0.2, 0) is 28.8 Å². The maximum Gasteiger partial charge on any atom is 0.321 e. The van der Waals surface area contributed by atoms with Gasteiger partial charge in [0.15, 0.2) is 0 Å². The predicted molar refractivity (Wildman–Crippen MR) is 159 cm³/mol. The lowest BCUT2D eigenvalue weighted by molar-refractivity contribution is -0.143. The highest BCUT2D eigenvalue weighted by molar-refractivity contribution is 8.87. The first-order valence-corrected chi connectivity index (χ1v) is 17.1. The summed E-state index contributed by atoms with van der Waals surface area (Å²) in [5.74, 6) is -1.50. The minimum Gasteiger partial charge on any atom is -0.480 e. The second kappa shape index (κ2) is 16.2. The Morgan fingerprint density at radius 1 is 0.763 bits per heavy atom. The fourth-order valence-electron chi connectivity index (χ4n) is 3.95. The molecule has 10 nitrogen and oxygen atoms in total. The number of carbonyl (C=O) groups excluding carboxylic acids is 4. The van der Waals surface area contributed by atoms with Crippen molar-refractivity contribution in [3.63, 3.8) is 0 Å². The zero-order valence-corrected chi connectivity index (χ0v) is 25.9. The number of thiol groups is 2. The van der Waals surface area contributed by atoms with Gasteiger partial charge in [-0.15, -0.1) is 23.5 Å². The fourth-order valence-corrected chi connectivity index (χ4v) is 9.25. The van der Waals surface area contributed by atoms with E-state index in [0.717, 1.165) is 21.6 Å². The van der Waals surface area contributed by atoms with Gasteiger partial charge in [-0.2, -0.15) is 25.3 Å². The van der Waals surface area contributed by atoms with Crippen LogP contribution in [0.3, 0.4) is 0 Å². The van der Waals surface area contributed by atoms with Gasteiger partial charge in [0.25, 0.3) is 0 Å². The van der Waals surface area contributed by atoms with Crippen molar-refractivity contribution in [2.75, 3.05) is 24.6 Å². The molecular weight excluding hydrogens is 613 g/mol. The summed E-state index contributed by atoms with van der Waals surface area (Å²) < 4.78 is 0. The van der Waals surface area contributed by atoms with Crippen LogP contribution in [0.4, 0.5) is 0 Å². The lowest BCUT2D eigenvalue weighted by Crippen LogP contribution is -2.43. The number of hydrogen-bond donors (Lipinski definition) is 4. The standard InChI is InChI=1S/C22H32N2O8S6/c1-11(25)15(33)7-17-23(13(9-35-17)21(29)30)5-3-19(27)37-38-20(28)4-6-24-14(22(31)32)10-36-18(24)8-16(34)12(2)26/h13-18,33-34H,3-10H2,1-2H3,(H,29,30)(H,31,32). The molecule has 38 heavy (non-hydrogen) atoms. The third-order valence-electron chi connectivity index (χ3n) is 6.17. The molecule has 0 aliphatic carbocycles. The lowest BCUT2D eigenvalue weighted by Gasteiger charge is -2.28. The van der Waals surface area contributed by atoms with Crippen molar-refractivity contribution >= 4 is 104 Å². The molecular formula is C22H32N2O8S6. The van der Waals surface area contributed by atoms with Gasteiger partial charge in [0.05, 0.1) is 21.2 Å². The summed E-state index contributed by atoms with van der Waals surface area (Å²) >= 11 is 11.4. The Labute approximate surface area is 249 Å². The van der Waals surface area contributed by atoms with E-state index < -0.39 is 34.5 Å². The molecule has 2 aliphatic rings. The third-order valence-corrected chi connectivity index (χ3v) is 12.3. The molecule has 0 saturated carbocycles. The Kier molecular flexibility index (Phi) is 14.4. The van der Waals surface area contributed by atoms with E-state index in [1.54, 1.807) is 9.80 Å². The number of aliphatic carboxylic acids is 2. The number of carbonyl (C=O) groups is 6. The Morgan fingerprint density at radius 2 is 1.11 bits per heavy atom. The SMILES string of the molecule is CC(=O)C(S)CC1SCC(C(=O)O)N1CCC(=O)SSC(=O)CCN1C(CC(S)C(C)=O)SCC1C(=O)O. The Hall–Kier alpha value is -0.360. The first kappa shape index (κ1) is 33.8. The van der Waals surface area contributed by atoms with E-state index in [9.17, 15) is 39.0 Å². The highest BCUT2D eigenvalue weighted by atomic mass is 33.1. The van der Waals surface area contributed by atoms with Crippen LogP contribution < -0.4 is 0 Å². The van der Waals surface area contributed by atoms with E-state index in [2.05, 4.69) is 25.3 Å². The quantitative estimate of drug-likeness (QED) is 0.162. The predicted octanol–water partition coefficient (Wildman–Crippen LogP) is 2.41. The summed E-state index contributed by atoms with van der Waals surface area (Å²) in [7, 11) is 1.57. The molecule has 214 valence electrons. The third kappa shape index (κ3) is 10.2. The van der Waals surface area contributed by atoms with Crippen molar-refractivity contribution in [3.05, 3.63) is 0 Å². The molecule has 2 rings (SSSR count). The molecule has 2 fully saturated rings. The Morgan fingerprint density at radius 3 is 1.39 bits per heavy atom. The van der Waals surface area contributed by atoms with Crippen molar-refractivity contribution < 1.29 is 39.0 Å². The normalized spacial score (nSPS) is 25.7. The molecule has 6 unspecified atom stereocenters. The largest absolute Gasteiger partial charge is 0.480 e. The molecule has 2 N–H and O–H groups in total. The summed E-state index contributed by atoms with van der Waals surface area (Å²) in [4.78, 5) is 74.8. The minimum atomic E-state index is -0.992. The summed E-state index contributed by atoms with van der Waals surface area (Å²) in [6.45, 7) is 3.22. The van der Waals surface area contributed by atoms with Crippen molar-refractivity contribution in [1.82, 2.24) is 9.80 Å². The van der Waals surface area contributed by atoms with Gasteiger partial charge >= 0.3 is 11.9 Å². The molecule has 2 aliphatic heterocycles. The monoisotopic (exact) mass is 644 g/mol. The van der Waals surface area contributed by atoms with Crippen LogP contribution in [0.2, 0.25) is 0 Å². The smallest absolute Gasteiger partial charge is 0.321 e. The van der Waals surface area contributed by atoms with Crippen LogP contribution in [0, 0.1) is 0 Å². The van der Waals surface area contributed by atoms with Crippen LogP contribution in [0.5, 0.6) is 0 Å².